The van der Waals surface area contributed by atoms with E-state index in [1.165, 1.54) is 11.4 Å². The van der Waals surface area contributed by atoms with E-state index in [4.69, 9.17) is 5.73 Å². The molecule has 7 heteroatoms. The first-order valence-corrected chi connectivity index (χ1v) is 6.70. The Bertz CT molecular complexity index is 419. The van der Waals surface area contributed by atoms with Crippen LogP contribution in [0.5, 0.6) is 0 Å². The van der Waals surface area contributed by atoms with Gasteiger partial charge in [-0.1, -0.05) is 31.1 Å². The molecular weight excluding hydrogens is 254 g/mol. The van der Waals surface area contributed by atoms with Crippen molar-refractivity contribution < 1.29 is 9.72 Å². The molecule has 6 nitrogen and oxygen atoms in total. The summed E-state index contributed by atoms with van der Waals surface area (Å²) < 4.78 is 0. The molecule has 0 fully saturated rings. The highest BCUT2D eigenvalue weighted by Gasteiger charge is 2.17. The quantitative estimate of drug-likeness (QED) is 0.584. The standard InChI is InChI=1S/C11H17N3O3S/c1-2-3-4-9(6-12)13-11(15)8-5-10(14(16)17)18-7-8/h5,7,9H,2-4,6,12H2,1H3,(H,13,15). The van der Waals surface area contributed by atoms with Crippen LogP contribution in [0.4, 0.5) is 5.00 Å². The number of carbonyl (C=O) groups is 1. The maximum atomic E-state index is 11.8. The Kier molecular flexibility index (Phi) is 5.73. The van der Waals surface area contributed by atoms with Crippen LogP contribution >= 0.6 is 11.3 Å². The Labute approximate surface area is 109 Å². The first-order chi connectivity index (χ1) is 8.58. The van der Waals surface area contributed by atoms with Crippen molar-refractivity contribution in [2.75, 3.05) is 6.54 Å². The monoisotopic (exact) mass is 271 g/mol. The molecule has 0 aliphatic heterocycles. The summed E-state index contributed by atoms with van der Waals surface area (Å²) in [4.78, 5) is 21.9. The van der Waals surface area contributed by atoms with Crippen LogP contribution in [0, 0.1) is 10.1 Å². The van der Waals surface area contributed by atoms with Gasteiger partial charge >= 0.3 is 5.00 Å². The molecule has 1 aromatic rings. The molecule has 1 amide bonds. The van der Waals surface area contributed by atoms with Gasteiger partial charge < -0.3 is 11.1 Å². The molecule has 0 aliphatic carbocycles. The number of nitrogens with one attached hydrogen (secondary N) is 1. The molecule has 0 spiro atoms. The van der Waals surface area contributed by atoms with Crippen molar-refractivity contribution in [2.24, 2.45) is 5.73 Å². The highest BCUT2D eigenvalue weighted by Crippen LogP contribution is 2.22. The maximum Gasteiger partial charge on any atom is 0.324 e. The zero-order valence-electron chi connectivity index (χ0n) is 10.2. The Morgan fingerprint density at radius 1 is 1.67 bits per heavy atom. The van der Waals surface area contributed by atoms with Crippen LogP contribution in [0.3, 0.4) is 0 Å². The fourth-order valence-corrected chi connectivity index (χ4v) is 2.21. The molecular formula is C11H17N3O3S. The number of unbranched alkanes of at least 4 members (excludes halogenated alkanes) is 1. The van der Waals surface area contributed by atoms with E-state index in [9.17, 15) is 14.9 Å². The molecule has 18 heavy (non-hydrogen) atoms. The second-order valence-corrected chi connectivity index (χ2v) is 4.87. The third kappa shape index (κ3) is 4.08. The van der Waals surface area contributed by atoms with Gasteiger partial charge in [0.05, 0.1) is 10.5 Å². The molecule has 1 heterocycles. The summed E-state index contributed by atoms with van der Waals surface area (Å²) in [6.07, 6.45) is 2.85. The average molecular weight is 271 g/mol. The van der Waals surface area contributed by atoms with E-state index >= 15 is 0 Å². The zero-order valence-corrected chi connectivity index (χ0v) is 11.0. The summed E-state index contributed by atoms with van der Waals surface area (Å²) in [7, 11) is 0. The van der Waals surface area contributed by atoms with E-state index in [0.29, 0.717) is 12.1 Å². The van der Waals surface area contributed by atoms with Crippen molar-refractivity contribution >= 4 is 22.2 Å². The number of nitro groups is 1. The lowest BCUT2D eigenvalue weighted by molar-refractivity contribution is -0.380. The number of carbonyl (C=O) groups excluding carboxylic acids is 1. The van der Waals surface area contributed by atoms with Crippen LogP contribution in [0.1, 0.15) is 36.5 Å². The lowest BCUT2D eigenvalue weighted by Gasteiger charge is -2.15. The molecule has 0 saturated carbocycles. The van der Waals surface area contributed by atoms with Crippen molar-refractivity contribution in [3.63, 3.8) is 0 Å². The average Bonchev–Trinajstić information content (AvgIpc) is 2.83. The number of hydrogen-bond donors (Lipinski definition) is 2. The third-order valence-electron chi connectivity index (χ3n) is 2.55. The first kappa shape index (κ1) is 14.6. The van der Waals surface area contributed by atoms with Crippen molar-refractivity contribution in [3.05, 3.63) is 27.1 Å². The number of nitrogens with zero attached hydrogens (tertiary/aromatic N) is 1. The molecule has 3 N–H and O–H groups in total. The molecule has 0 bridgehead atoms. The Hall–Kier alpha value is -1.47. The smallest absolute Gasteiger partial charge is 0.324 e. The predicted octanol–water partition coefficient (Wildman–Crippen LogP) is 1.90. The van der Waals surface area contributed by atoms with E-state index in [1.54, 1.807) is 0 Å². The topological polar surface area (TPSA) is 98.3 Å². The van der Waals surface area contributed by atoms with E-state index in [0.717, 1.165) is 30.6 Å². The van der Waals surface area contributed by atoms with E-state index in [2.05, 4.69) is 12.2 Å². The summed E-state index contributed by atoms with van der Waals surface area (Å²) in [6.45, 7) is 2.44. The van der Waals surface area contributed by atoms with Crippen LogP contribution in [-0.4, -0.2) is 23.4 Å². The van der Waals surface area contributed by atoms with Crippen LogP contribution in [0.25, 0.3) is 0 Å². The first-order valence-electron chi connectivity index (χ1n) is 5.82. The van der Waals surface area contributed by atoms with Gasteiger partial charge in [0.25, 0.3) is 5.91 Å². The maximum absolute atomic E-state index is 11.8. The minimum Gasteiger partial charge on any atom is -0.348 e. The highest BCUT2D eigenvalue weighted by atomic mass is 32.1. The Morgan fingerprint density at radius 3 is 2.89 bits per heavy atom. The molecule has 0 aromatic carbocycles. The molecule has 0 aliphatic rings. The molecule has 1 atom stereocenters. The van der Waals surface area contributed by atoms with E-state index in [1.807, 2.05) is 0 Å². The van der Waals surface area contributed by atoms with Gasteiger partial charge in [0.15, 0.2) is 0 Å². The number of amides is 1. The predicted molar refractivity (Wildman–Crippen MR) is 70.8 cm³/mol. The molecule has 1 rings (SSSR count). The minimum atomic E-state index is -0.501. The minimum absolute atomic E-state index is 0.0296. The summed E-state index contributed by atoms with van der Waals surface area (Å²) in [5.41, 5.74) is 5.89. The molecule has 1 unspecified atom stereocenters. The molecule has 0 saturated heterocycles. The fraction of sp³-hybridized carbons (Fsp3) is 0.545. The van der Waals surface area contributed by atoms with E-state index < -0.39 is 4.92 Å². The van der Waals surface area contributed by atoms with Gasteiger partial charge in [0.2, 0.25) is 0 Å². The van der Waals surface area contributed by atoms with Gasteiger partial charge in [-0.25, -0.2) is 0 Å². The summed E-state index contributed by atoms with van der Waals surface area (Å²) in [5, 5.41) is 14.8. The van der Waals surface area contributed by atoms with Gasteiger partial charge in [0.1, 0.15) is 0 Å². The lowest BCUT2D eigenvalue weighted by Crippen LogP contribution is -2.40. The SMILES string of the molecule is CCCCC(CN)NC(=O)c1csc([N+](=O)[O-])c1. The van der Waals surface area contributed by atoms with Crippen molar-refractivity contribution in [2.45, 2.75) is 32.2 Å². The largest absolute Gasteiger partial charge is 0.348 e. The second kappa shape index (κ2) is 7.07. The number of thiophene rings is 1. The van der Waals surface area contributed by atoms with Crippen LogP contribution in [0.2, 0.25) is 0 Å². The van der Waals surface area contributed by atoms with Gasteiger partial charge in [-0.15, -0.1) is 0 Å². The fourth-order valence-electron chi connectivity index (χ4n) is 1.51. The van der Waals surface area contributed by atoms with Crippen LogP contribution in [-0.2, 0) is 0 Å². The Morgan fingerprint density at radius 2 is 2.39 bits per heavy atom. The summed E-state index contributed by atoms with van der Waals surface area (Å²) >= 11 is 0.947. The van der Waals surface area contributed by atoms with Gasteiger partial charge in [-0.2, -0.15) is 0 Å². The zero-order chi connectivity index (χ0) is 13.5. The normalized spacial score (nSPS) is 12.1. The molecule has 100 valence electrons. The van der Waals surface area contributed by atoms with Gasteiger partial charge in [0, 0.05) is 24.0 Å². The highest BCUT2D eigenvalue weighted by molar-refractivity contribution is 7.13. The number of nitrogens with two attached hydrogens (primary N) is 1. The van der Waals surface area contributed by atoms with E-state index in [-0.39, 0.29) is 17.0 Å². The van der Waals surface area contributed by atoms with Crippen molar-refractivity contribution in [1.29, 1.82) is 0 Å². The third-order valence-corrected chi connectivity index (χ3v) is 3.43. The number of hydrogen-bond acceptors (Lipinski definition) is 5. The second-order valence-electron chi connectivity index (χ2n) is 3.98. The lowest BCUT2D eigenvalue weighted by atomic mass is 10.1. The van der Waals surface area contributed by atoms with Crippen LogP contribution < -0.4 is 11.1 Å². The summed E-state index contributed by atoms with van der Waals surface area (Å²) in [6, 6.07) is 1.21. The van der Waals surface area contributed by atoms with Gasteiger partial charge in [-0.3, -0.25) is 14.9 Å². The molecule has 0 radical (unpaired) electrons. The molecule has 1 aromatic heterocycles. The van der Waals surface area contributed by atoms with Gasteiger partial charge in [-0.05, 0) is 6.42 Å². The number of rotatable bonds is 7. The Balaban J connectivity index is 2.59. The van der Waals surface area contributed by atoms with Crippen LogP contribution in [0.15, 0.2) is 11.4 Å². The van der Waals surface area contributed by atoms with Crippen molar-refractivity contribution in [1.82, 2.24) is 5.32 Å². The summed E-state index contributed by atoms with van der Waals surface area (Å²) in [5.74, 6) is -0.300. The van der Waals surface area contributed by atoms with Crippen molar-refractivity contribution in [3.8, 4) is 0 Å².